The maximum Gasteiger partial charge on any atom is 0.331 e. The number of amides is 2. The molecule has 2 amide bonds. The number of nitrogens with zero attached hydrogens (tertiary/aromatic N) is 5. The second-order valence-electron chi connectivity index (χ2n) is 9.15. The standard InChI is InChI=1S/C21H26N6O.2ClH/c1-21(2,3)19-24-16-17-23-15(10-13-6-8-22-9-7-13)12-27(17)20(28)26(18(16)25-19)11-14-4-5-14;;/h6-9,14-15H,4-5,10-12H2,1-3H3,(H,24,25);2*1H. The summed E-state index contributed by atoms with van der Waals surface area (Å²) in [5, 5.41) is 0. The van der Waals surface area contributed by atoms with Gasteiger partial charge < -0.3 is 4.98 Å². The number of pyridine rings is 1. The van der Waals surface area contributed by atoms with Gasteiger partial charge in [0, 0.05) is 24.4 Å². The Hall–Kier alpha value is -2.12. The summed E-state index contributed by atoms with van der Waals surface area (Å²) in [5.74, 6) is 2.99. The number of carbonyl (C=O) groups is 1. The third kappa shape index (κ3) is 4.05. The SMILES string of the molecule is CC(C)(C)c1nc2c([nH]1)C1=NC(Cc3ccncc3)CN1C(=O)N2CC1CC1.Cl.Cl. The van der Waals surface area contributed by atoms with Crippen molar-refractivity contribution in [2.75, 3.05) is 18.0 Å². The van der Waals surface area contributed by atoms with Crippen molar-refractivity contribution < 1.29 is 4.79 Å². The van der Waals surface area contributed by atoms with E-state index in [1.807, 2.05) is 21.9 Å². The molecular formula is C21H28Cl2N6O. The number of amidine groups is 1. The lowest BCUT2D eigenvalue weighted by Gasteiger charge is -2.32. The van der Waals surface area contributed by atoms with Crippen molar-refractivity contribution in [2.24, 2.45) is 10.9 Å². The van der Waals surface area contributed by atoms with Gasteiger partial charge in [-0.25, -0.2) is 9.78 Å². The van der Waals surface area contributed by atoms with Gasteiger partial charge in [-0.15, -0.1) is 24.8 Å². The maximum atomic E-state index is 13.3. The highest BCUT2D eigenvalue weighted by molar-refractivity contribution is 6.18. The quantitative estimate of drug-likeness (QED) is 0.764. The average Bonchev–Trinajstić information content (AvgIpc) is 3.18. The molecule has 2 aliphatic heterocycles. The summed E-state index contributed by atoms with van der Waals surface area (Å²) >= 11 is 0. The fraction of sp³-hybridized carbons (Fsp3) is 0.524. The van der Waals surface area contributed by atoms with E-state index in [9.17, 15) is 4.79 Å². The summed E-state index contributed by atoms with van der Waals surface area (Å²) in [4.78, 5) is 34.3. The number of hydrogen-bond donors (Lipinski definition) is 1. The molecule has 1 atom stereocenters. The molecule has 0 saturated heterocycles. The number of carbonyl (C=O) groups excluding carboxylic acids is 1. The van der Waals surface area contributed by atoms with E-state index in [2.05, 4.69) is 30.7 Å². The lowest BCUT2D eigenvalue weighted by molar-refractivity contribution is 0.226. The number of fused-ring (bicyclic) bond motifs is 3. The fourth-order valence-corrected chi connectivity index (χ4v) is 3.88. The summed E-state index contributed by atoms with van der Waals surface area (Å²) in [6, 6.07) is 4.09. The lowest BCUT2D eigenvalue weighted by atomic mass is 9.96. The van der Waals surface area contributed by atoms with E-state index >= 15 is 0 Å². The van der Waals surface area contributed by atoms with E-state index in [0.717, 1.165) is 36.1 Å². The van der Waals surface area contributed by atoms with Crippen LogP contribution in [0, 0.1) is 5.92 Å². The van der Waals surface area contributed by atoms with Gasteiger partial charge in [0.25, 0.3) is 0 Å². The highest BCUT2D eigenvalue weighted by Gasteiger charge is 2.44. The molecule has 2 aromatic rings. The zero-order valence-electron chi connectivity index (χ0n) is 17.5. The number of aromatic nitrogens is 3. The van der Waals surface area contributed by atoms with Crippen molar-refractivity contribution in [3.8, 4) is 0 Å². The van der Waals surface area contributed by atoms with E-state index in [-0.39, 0.29) is 42.3 Å². The molecular weight excluding hydrogens is 423 g/mol. The summed E-state index contributed by atoms with van der Waals surface area (Å²) < 4.78 is 0. The highest BCUT2D eigenvalue weighted by atomic mass is 35.5. The minimum absolute atomic E-state index is 0. The van der Waals surface area contributed by atoms with Crippen LogP contribution in [-0.2, 0) is 11.8 Å². The number of nitrogens with one attached hydrogen (secondary N) is 1. The molecule has 1 unspecified atom stereocenters. The predicted octanol–water partition coefficient (Wildman–Crippen LogP) is 3.97. The van der Waals surface area contributed by atoms with Crippen molar-refractivity contribution in [1.29, 1.82) is 0 Å². The van der Waals surface area contributed by atoms with Crippen LogP contribution in [-0.4, -0.2) is 50.8 Å². The van der Waals surface area contributed by atoms with Crippen LogP contribution in [0.4, 0.5) is 10.6 Å². The maximum absolute atomic E-state index is 13.3. The number of anilines is 1. The van der Waals surface area contributed by atoms with Crippen molar-refractivity contribution in [2.45, 2.75) is 51.5 Å². The molecule has 1 aliphatic carbocycles. The molecule has 0 aromatic carbocycles. The normalized spacial score (nSPS) is 20.2. The van der Waals surface area contributed by atoms with Gasteiger partial charge in [0.05, 0.1) is 12.6 Å². The van der Waals surface area contributed by atoms with Gasteiger partial charge in [-0.1, -0.05) is 20.8 Å². The van der Waals surface area contributed by atoms with E-state index in [1.54, 1.807) is 12.4 Å². The Morgan fingerprint density at radius 1 is 1.17 bits per heavy atom. The van der Waals surface area contributed by atoms with Gasteiger partial charge in [0.2, 0.25) is 0 Å². The molecule has 7 nitrogen and oxygen atoms in total. The monoisotopic (exact) mass is 450 g/mol. The van der Waals surface area contributed by atoms with Crippen LogP contribution < -0.4 is 4.90 Å². The predicted molar refractivity (Wildman–Crippen MR) is 122 cm³/mol. The molecule has 3 aliphatic rings. The largest absolute Gasteiger partial charge is 0.337 e. The van der Waals surface area contributed by atoms with Gasteiger partial charge in [-0.05, 0) is 42.9 Å². The van der Waals surface area contributed by atoms with Crippen LogP contribution in [0.2, 0.25) is 0 Å². The minimum Gasteiger partial charge on any atom is -0.337 e. The molecule has 0 bridgehead atoms. The van der Waals surface area contributed by atoms with Gasteiger partial charge in [0.15, 0.2) is 11.7 Å². The Kier molecular flexibility index (Phi) is 6.16. The number of rotatable bonds is 4. The van der Waals surface area contributed by atoms with Crippen LogP contribution in [0.5, 0.6) is 0 Å². The van der Waals surface area contributed by atoms with E-state index in [1.165, 1.54) is 18.4 Å². The van der Waals surface area contributed by atoms with Crippen molar-refractivity contribution >= 4 is 42.5 Å². The van der Waals surface area contributed by atoms with Crippen LogP contribution in [0.1, 0.15) is 50.7 Å². The number of halogens is 2. The topological polar surface area (TPSA) is 77.5 Å². The Labute approximate surface area is 189 Å². The van der Waals surface area contributed by atoms with Crippen LogP contribution in [0.15, 0.2) is 29.5 Å². The summed E-state index contributed by atoms with van der Waals surface area (Å²) in [6.45, 7) is 7.75. The third-order valence-corrected chi connectivity index (χ3v) is 5.65. The summed E-state index contributed by atoms with van der Waals surface area (Å²) in [7, 11) is 0. The number of aromatic amines is 1. The van der Waals surface area contributed by atoms with Gasteiger partial charge >= 0.3 is 6.03 Å². The molecule has 4 heterocycles. The number of urea groups is 1. The van der Waals surface area contributed by atoms with Gasteiger partial charge in [0.1, 0.15) is 11.5 Å². The van der Waals surface area contributed by atoms with Crippen LogP contribution >= 0.6 is 24.8 Å². The Bertz CT molecular complexity index is 948. The number of H-pyrrole nitrogens is 1. The Morgan fingerprint density at radius 3 is 2.50 bits per heavy atom. The smallest absolute Gasteiger partial charge is 0.331 e. The first-order valence-electron chi connectivity index (χ1n) is 10.1. The highest BCUT2D eigenvalue weighted by Crippen LogP contribution is 2.37. The first-order valence-corrected chi connectivity index (χ1v) is 10.1. The molecule has 30 heavy (non-hydrogen) atoms. The molecule has 9 heteroatoms. The summed E-state index contributed by atoms with van der Waals surface area (Å²) in [5.41, 5.74) is 1.96. The second-order valence-corrected chi connectivity index (χ2v) is 9.15. The van der Waals surface area contributed by atoms with E-state index in [4.69, 9.17) is 9.98 Å². The van der Waals surface area contributed by atoms with Crippen LogP contribution in [0.25, 0.3) is 0 Å². The van der Waals surface area contributed by atoms with Crippen LogP contribution in [0.3, 0.4) is 0 Å². The van der Waals surface area contributed by atoms with Crippen molar-refractivity contribution in [3.63, 3.8) is 0 Å². The van der Waals surface area contributed by atoms with Gasteiger partial charge in [-0.3, -0.25) is 19.8 Å². The molecule has 162 valence electrons. The average molecular weight is 451 g/mol. The zero-order chi connectivity index (χ0) is 19.5. The second kappa shape index (κ2) is 8.19. The third-order valence-electron chi connectivity index (χ3n) is 5.65. The van der Waals surface area contributed by atoms with Gasteiger partial charge in [-0.2, -0.15) is 0 Å². The minimum atomic E-state index is -0.119. The lowest BCUT2D eigenvalue weighted by Crippen LogP contribution is -2.51. The van der Waals surface area contributed by atoms with Crippen molar-refractivity contribution in [1.82, 2.24) is 19.9 Å². The number of hydrogen-bond acceptors (Lipinski definition) is 4. The number of aliphatic imine (C=N–C) groups is 1. The molecule has 1 N–H and O–H groups in total. The molecule has 0 spiro atoms. The molecule has 5 rings (SSSR count). The molecule has 1 fully saturated rings. The number of imidazole rings is 1. The Balaban J connectivity index is 0.00000128. The van der Waals surface area contributed by atoms with E-state index < -0.39 is 0 Å². The molecule has 0 radical (unpaired) electrons. The molecule has 1 saturated carbocycles. The fourth-order valence-electron chi connectivity index (χ4n) is 3.88. The zero-order valence-corrected chi connectivity index (χ0v) is 19.1. The summed E-state index contributed by atoms with van der Waals surface area (Å²) in [6.07, 6.45) is 6.79. The Morgan fingerprint density at radius 2 is 1.87 bits per heavy atom. The molecule has 2 aromatic heterocycles. The first kappa shape index (κ1) is 22.6. The van der Waals surface area contributed by atoms with E-state index in [0.29, 0.717) is 12.5 Å². The first-order chi connectivity index (χ1) is 13.4. The van der Waals surface area contributed by atoms with Crippen molar-refractivity contribution in [3.05, 3.63) is 41.6 Å².